The van der Waals surface area contributed by atoms with Crippen LogP contribution in [0.15, 0.2) is 24.3 Å². The second-order valence-electron chi connectivity index (χ2n) is 4.66. The summed E-state index contributed by atoms with van der Waals surface area (Å²) in [5.74, 6) is -0.678. The highest BCUT2D eigenvalue weighted by molar-refractivity contribution is 7.80. The van der Waals surface area contributed by atoms with E-state index in [0.717, 1.165) is 5.56 Å². The molecule has 1 aromatic heterocycles. The van der Waals surface area contributed by atoms with Gasteiger partial charge in [-0.3, -0.25) is 0 Å². The smallest absolute Gasteiger partial charge is 0.348 e. The fourth-order valence-corrected chi connectivity index (χ4v) is 3.07. The molecule has 1 heterocycles. The maximum atomic E-state index is 13.5. The lowest BCUT2D eigenvalue weighted by atomic mass is 10.2. The molecule has 0 radical (unpaired) electrons. The molecule has 7 heteroatoms. The molecule has 0 aliphatic heterocycles. The third kappa shape index (κ3) is 3.80. The molecule has 0 atom stereocenters. The molecule has 0 fully saturated rings. The van der Waals surface area contributed by atoms with Crippen molar-refractivity contribution >= 4 is 45.3 Å². The van der Waals surface area contributed by atoms with Crippen LogP contribution in [-0.4, -0.2) is 18.2 Å². The van der Waals surface area contributed by atoms with Crippen LogP contribution in [0, 0.1) is 19.7 Å². The number of carbonyl (C=O) groups excluding carboxylic acids is 1. The van der Waals surface area contributed by atoms with Crippen molar-refractivity contribution in [1.29, 1.82) is 0 Å². The third-order valence-electron chi connectivity index (χ3n) is 2.95. The van der Waals surface area contributed by atoms with E-state index in [1.807, 2.05) is 6.92 Å². The number of ether oxygens (including phenoxy) is 1. The highest BCUT2D eigenvalue weighted by Crippen LogP contribution is 2.27. The zero-order valence-electron chi connectivity index (χ0n) is 12.3. The SMILES string of the molecule is COC(=O)c1sc(NC(=S)Nc2ccc(C)c(F)c2)cc1C. The molecule has 0 aliphatic rings. The van der Waals surface area contributed by atoms with Crippen LogP contribution in [0.25, 0.3) is 0 Å². The molecule has 0 saturated heterocycles. The van der Waals surface area contributed by atoms with Crippen LogP contribution >= 0.6 is 23.6 Å². The number of esters is 1. The first kappa shape index (κ1) is 16.4. The van der Waals surface area contributed by atoms with Gasteiger partial charge in [0.1, 0.15) is 10.7 Å². The second kappa shape index (κ2) is 6.85. The van der Waals surface area contributed by atoms with Gasteiger partial charge in [0.2, 0.25) is 0 Å². The molecule has 0 unspecified atom stereocenters. The first-order chi connectivity index (χ1) is 10.4. The van der Waals surface area contributed by atoms with Crippen LogP contribution in [-0.2, 0) is 4.74 Å². The Kier molecular flexibility index (Phi) is 5.10. The van der Waals surface area contributed by atoms with Crippen molar-refractivity contribution in [1.82, 2.24) is 0 Å². The van der Waals surface area contributed by atoms with Gasteiger partial charge in [-0.25, -0.2) is 9.18 Å². The van der Waals surface area contributed by atoms with E-state index in [0.29, 0.717) is 26.2 Å². The zero-order chi connectivity index (χ0) is 16.3. The summed E-state index contributed by atoms with van der Waals surface area (Å²) in [6.45, 7) is 3.51. The molecule has 4 nitrogen and oxygen atoms in total. The Morgan fingerprint density at radius 1 is 1.23 bits per heavy atom. The van der Waals surface area contributed by atoms with Crippen LogP contribution in [0.5, 0.6) is 0 Å². The van der Waals surface area contributed by atoms with Crippen molar-refractivity contribution in [3.63, 3.8) is 0 Å². The van der Waals surface area contributed by atoms with E-state index in [4.69, 9.17) is 17.0 Å². The fraction of sp³-hybridized carbons (Fsp3) is 0.200. The Morgan fingerprint density at radius 3 is 2.59 bits per heavy atom. The monoisotopic (exact) mass is 338 g/mol. The van der Waals surface area contributed by atoms with Gasteiger partial charge in [-0.1, -0.05) is 6.07 Å². The van der Waals surface area contributed by atoms with Crippen molar-refractivity contribution in [3.8, 4) is 0 Å². The largest absolute Gasteiger partial charge is 0.465 e. The van der Waals surface area contributed by atoms with Gasteiger partial charge in [0.25, 0.3) is 0 Å². The van der Waals surface area contributed by atoms with Crippen LogP contribution in [0.1, 0.15) is 20.8 Å². The summed E-state index contributed by atoms with van der Waals surface area (Å²) in [5, 5.41) is 6.91. The Balaban J connectivity index is 2.06. The summed E-state index contributed by atoms with van der Waals surface area (Å²) in [6, 6.07) is 6.60. The van der Waals surface area contributed by atoms with Crippen molar-refractivity contribution < 1.29 is 13.9 Å². The van der Waals surface area contributed by atoms with E-state index < -0.39 is 0 Å². The molecular weight excluding hydrogens is 323 g/mol. The summed E-state index contributed by atoms with van der Waals surface area (Å²) < 4.78 is 18.2. The molecule has 116 valence electrons. The summed E-state index contributed by atoms with van der Waals surface area (Å²) in [5.41, 5.74) is 1.94. The number of halogens is 1. The summed E-state index contributed by atoms with van der Waals surface area (Å²) >= 11 is 6.44. The molecule has 0 bridgehead atoms. The molecule has 1 aromatic carbocycles. The Labute approximate surface area is 137 Å². The number of methoxy groups -OCH3 is 1. The highest BCUT2D eigenvalue weighted by atomic mass is 32.1. The van der Waals surface area contributed by atoms with Crippen molar-refractivity contribution in [2.24, 2.45) is 0 Å². The van der Waals surface area contributed by atoms with E-state index >= 15 is 0 Å². The minimum absolute atomic E-state index is 0.298. The first-order valence-corrected chi connectivity index (χ1v) is 7.66. The maximum absolute atomic E-state index is 13.5. The van der Waals surface area contributed by atoms with Crippen molar-refractivity contribution in [2.45, 2.75) is 13.8 Å². The quantitative estimate of drug-likeness (QED) is 0.652. The maximum Gasteiger partial charge on any atom is 0.348 e. The average molecular weight is 338 g/mol. The molecule has 0 saturated carbocycles. The number of anilines is 2. The number of rotatable bonds is 3. The molecular formula is C15H15FN2O2S2. The van der Waals surface area contributed by atoms with Gasteiger partial charge in [-0.05, 0) is 55.4 Å². The molecule has 0 aliphatic carbocycles. The van der Waals surface area contributed by atoms with Gasteiger partial charge in [0.15, 0.2) is 5.11 Å². The van der Waals surface area contributed by atoms with Gasteiger partial charge >= 0.3 is 5.97 Å². The van der Waals surface area contributed by atoms with Crippen LogP contribution in [0.2, 0.25) is 0 Å². The minimum atomic E-state index is -0.380. The zero-order valence-corrected chi connectivity index (χ0v) is 14.0. The van der Waals surface area contributed by atoms with Gasteiger partial charge in [-0.2, -0.15) is 0 Å². The van der Waals surface area contributed by atoms with Crippen molar-refractivity contribution in [2.75, 3.05) is 17.7 Å². The second-order valence-corrected chi connectivity index (χ2v) is 6.12. The normalized spacial score (nSPS) is 10.2. The average Bonchev–Trinajstić information content (AvgIpc) is 2.82. The fourth-order valence-electron chi connectivity index (χ4n) is 1.78. The number of aryl methyl sites for hydroxylation is 2. The number of benzene rings is 1. The molecule has 2 rings (SSSR count). The van der Waals surface area contributed by atoms with Crippen LogP contribution in [0.4, 0.5) is 15.1 Å². The minimum Gasteiger partial charge on any atom is -0.465 e. The third-order valence-corrected chi connectivity index (χ3v) is 4.29. The number of thiophene rings is 1. The van der Waals surface area contributed by atoms with Crippen LogP contribution in [0.3, 0.4) is 0 Å². The van der Waals surface area contributed by atoms with E-state index in [9.17, 15) is 9.18 Å². The topological polar surface area (TPSA) is 50.4 Å². The number of thiocarbonyl (C=S) groups is 1. The summed E-state index contributed by atoms with van der Waals surface area (Å²) in [6.07, 6.45) is 0. The lowest BCUT2D eigenvalue weighted by Crippen LogP contribution is -2.18. The van der Waals surface area contributed by atoms with E-state index in [1.54, 1.807) is 25.1 Å². The predicted octanol–water partition coefficient (Wildman–Crippen LogP) is 4.10. The molecule has 2 aromatic rings. The molecule has 22 heavy (non-hydrogen) atoms. The number of carbonyl (C=O) groups is 1. The first-order valence-electron chi connectivity index (χ1n) is 6.43. The summed E-state index contributed by atoms with van der Waals surface area (Å²) in [4.78, 5) is 12.1. The lowest BCUT2D eigenvalue weighted by molar-refractivity contribution is 0.0605. The highest BCUT2D eigenvalue weighted by Gasteiger charge is 2.14. The van der Waals surface area contributed by atoms with Gasteiger partial charge in [0, 0.05) is 5.69 Å². The van der Waals surface area contributed by atoms with Gasteiger partial charge in [0.05, 0.1) is 12.1 Å². The van der Waals surface area contributed by atoms with E-state index in [2.05, 4.69) is 10.6 Å². The van der Waals surface area contributed by atoms with Crippen molar-refractivity contribution in [3.05, 3.63) is 46.1 Å². The van der Waals surface area contributed by atoms with E-state index in [-0.39, 0.29) is 11.8 Å². The molecule has 0 spiro atoms. The Bertz CT molecular complexity index is 728. The van der Waals surface area contributed by atoms with Gasteiger partial charge in [-0.15, -0.1) is 11.3 Å². The number of hydrogen-bond donors (Lipinski definition) is 2. The van der Waals surface area contributed by atoms with Crippen LogP contribution < -0.4 is 10.6 Å². The Morgan fingerprint density at radius 2 is 1.95 bits per heavy atom. The predicted molar refractivity (Wildman–Crippen MR) is 91.4 cm³/mol. The number of nitrogens with one attached hydrogen (secondary N) is 2. The number of hydrogen-bond acceptors (Lipinski definition) is 4. The van der Waals surface area contributed by atoms with E-state index in [1.165, 1.54) is 24.5 Å². The lowest BCUT2D eigenvalue weighted by Gasteiger charge is -2.09. The van der Waals surface area contributed by atoms with Gasteiger partial charge < -0.3 is 15.4 Å². The Hall–Kier alpha value is -1.99. The molecule has 0 amide bonds. The molecule has 2 N–H and O–H groups in total. The standard InChI is InChI=1S/C15H15FN2O2S2/c1-8-4-5-10(7-11(8)16)17-15(21)18-12-6-9(2)13(22-12)14(19)20-3/h4-7H,1-3H3,(H2,17,18,21). The summed E-state index contributed by atoms with van der Waals surface area (Å²) in [7, 11) is 1.34.